The van der Waals surface area contributed by atoms with Gasteiger partial charge in [0.1, 0.15) is 5.75 Å². The minimum atomic E-state index is -0.969. The highest BCUT2D eigenvalue weighted by molar-refractivity contribution is 7.14. The van der Waals surface area contributed by atoms with Gasteiger partial charge in [-0.05, 0) is 12.1 Å². The van der Waals surface area contributed by atoms with Crippen molar-refractivity contribution >= 4 is 28.3 Å². The van der Waals surface area contributed by atoms with E-state index in [-0.39, 0.29) is 24.6 Å². The second-order valence-corrected chi connectivity index (χ2v) is 5.61. The Hall–Kier alpha value is -2.41. The Morgan fingerprint density at radius 2 is 2.14 bits per heavy atom. The first kappa shape index (κ1) is 13.6. The molecule has 6 nitrogen and oxygen atoms in total. The van der Waals surface area contributed by atoms with Crippen LogP contribution in [0.4, 0.5) is 5.13 Å². The molecule has 3 rings (SSSR count). The lowest BCUT2D eigenvalue weighted by Gasteiger charge is -2.11. The van der Waals surface area contributed by atoms with E-state index in [9.17, 15) is 14.7 Å². The zero-order valence-corrected chi connectivity index (χ0v) is 11.7. The maximum Gasteiger partial charge on any atom is 0.308 e. The molecule has 2 N–H and O–H groups in total. The molecule has 1 saturated heterocycles. The molecular formula is C14H12N2O4S. The number of anilines is 1. The summed E-state index contributed by atoms with van der Waals surface area (Å²) in [6.45, 7) is 0.141. The van der Waals surface area contributed by atoms with E-state index >= 15 is 0 Å². The highest BCUT2D eigenvalue weighted by Gasteiger charge is 2.36. The number of aromatic hydroxyl groups is 1. The normalized spacial score (nSPS) is 18.2. The maximum atomic E-state index is 11.9. The predicted molar refractivity (Wildman–Crippen MR) is 77.3 cm³/mol. The van der Waals surface area contributed by atoms with Crippen molar-refractivity contribution in [3.8, 4) is 17.0 Å². The number of carboxylic acids is 1. The average Bonchev–Trinajstić information content (AvgIpc) is 3.05. The summed E-state index contributed by atoms with van der Waals surface area (Å²) in [6.07, 6.45) is 0.000827. The van der Waals surface area contributed by atoms with Crippen LogP contribution >= 0.6 is 11.3 Å². The Balaban J connectivity index is 1.88. The highest BCUT2D eigenvalue weighted by Crippen LogP contribution is 2.34. The third-order valence-corrected chi connectivity index (χ3v) is 4.24. The lowest BCUT2D eigenvalue weighted by molar-refractivity contribution is -0.141. The van der Waals surface area contributed by atoms with Crippen LogP contribution in [0.25, 0.3) is 11.3 Å². The minimum absolute atomic E-state index is 0.000827. The molecule has 7 heteroatoms. The Morgan fingerprint density at radius 3 is 2.81 bits per heavy atom. The summed E-state index contributed by atoms with van der Waals surface area (Å²) in [5.41, 5.74) is 1.15. The smallest absolute Gasteiger partial charge is 0.308 e. The van der Waals surface area contributed by atoms with E-state index in [1.807, 2.05) is 0 Å². The van der Waals surface area contributed by atoms with Crippen LogP contribution in [0.5, 0.6) is 5.75 Å². The summed E-state index contributed by atoms with van der Waals surface area (Å²) in [5, 5.41) is 21.0. The fraction of sp³-hybridized carbons (Fsp3) is 0.214. The lowest BCUT2D eigenvalue weighted by Crippen LogP contribution is -2.25. The summed E-state index contributed by atoms with van der Waals surface area (Å²) in [6, 6.07) is 6.80. The van der Waals surface area contributed by atoms with Crippen molar-refractivity contribution in [3.05, 3.63) is 29.6 Å². The van der Waals surface area contributed by atoms with Gasteiger partial charge in [0.2, 0.25) is 5.91 Å². The number of carbonyl (C=O) groups is 2. The number of phenolic OH excluding ortho intramolecular Hbond substituents is 1. The Labute approximate surface area is 124 Å². The molecule has 2 aromatic rings. The third kappa shape index (κ3) is 2.47. The molecule has 2 heterocycles. The molecule has 0 saturated carbocycles. The van der Waals surface area contributed by atoms with Crippen LogP contribution in [0.3, 0.4) is 0 Å². The van der Waals surface area contributed by atoms with Crippen LogP contribution in [0.15, 0.2) is 29.6 Å². The molecular weight excluding hydrogens is 292 g/mol. The zero-order valence-electron chi connectivity index (χ0n) is 10.9. The van der Waals surface area contributed by atoms with Crippen LogP contribution < -0.4 is 4.90 Å². The number of hydrogen-bond acceptors (Lipinski definition) is 5. The predicted octanol–water partition coefficient (Wildman–Crippen LogP) is 1.95. The summed E-state index contributed by atoms with van der Waals surface area (Å²) in [4.78, 5) is 28.6. The molecule has 1 aliphatic heterocycles. The third-order valence-electron chi connectivity index (χ3n) is 3.38. The van der Waals surface area contributed by atoms with E-state index in [0.717, 1.165) is 0 Å². The van der Waals surface area contributed by atoms with E-state index in [2.05, 4.69) is 4.98 Å². The Morgan fingerprint density at radius 1 is 1.38 bits per heavy atom. The van der Waals surface area contributed by atoms with Crippen molar-refractivity contribution in [2.24, 2.45) is 5.92 Å². The fourth-order valence-corrected chi connectivity index (χ4v) is 3.11. The molecule has 1 fully saturated rings. The van der Waals surface area contributed by atoms with Gasteiger partial charge >= 0.3 is 5.97 Å². The van der Waals surface area contributed by atoms with Crippen LogP contribution in [0, 0.1) is 5.92 Å². The molecule has 108 valence electrons. The summed E-state index contributed by atoms with van der Waals surface area (Å²) < 4.78 is 0. The molecule has 1 aromatic heterocycles. The van der Waals surface area contributed by atoms with Crippen molar-refractivity contribution in [1.29, 1.82) is 0 Å². The number of aromatic nitrogens is 1. The number of carboxylic acid groups (broad SMARTS) is 1. The topological polar surface area (TPSA) is 90.7 Å². The number of amides is 1. The Bertz CT molecular complexity index is 713. The second-order valence-electron chi connectivity index (χ2n) is 4.78. The number of rotatable bonds is 3. The van der Waals surface area contributed by atoms with Gasteiger partial charge in [-0.15, -0.1) is 11.3 Å². The number of aliphatic carboxylic acids is 1. The summed E-state index contributed by atoms with van der Waals surface area (Å²) in [5.74, 6) is -1.77. The van der Waals surface area contributed by atoms with E-state index < -0.39 is 11.9 Å². The molecule has 1 aliphatic rings. The van der Waals surface area contributed by atoms with Crippen LogP contribution in [-0.4, -0.2) is 33.6 Å². The zero-order chi connectivity index (χ0) is 15.0. The lowest BCUT2D eigenvalue weighted by atomic mass is 10.1. The SMILES string of the molecule is O=C(O)C1CC(=O)N(c2nc(-c3ccccc3O)cs2)C1. The van der Waals surface area contributed by atoms with Crippen molar-refractivity contribution in [2.75, 3.05) is 11.4 Å². The molecule has 21 heavy (non-hydrogen) atoms. The van der Waals surface area contributed by atoms with Crippen molar-refractivity contribution < 1.29 is 19.8 Å². The first-order chi connectivity index (χ1) is 10.1. The van der Waals surface area contributed by atoms with Crippen molar-refractivity contribution in [2.45, 2.75) is 6.42 Å². The quantitative estimate of drug-likeness (QED) is 0.904. The van der Waals surface area contributed by atoms with E-state index in [1.54, 1.807) is 29.6 Å². The molecule has 0 bridgehead atoms. The number of phenols is 1. The number of benzene rings is 1. The number of thiazole rings is 1. The van der Waals surface area contributed by atoms with Gasteiger partial charge in [-0.2, -0.15) is 0 Å². The molecule has 1 unspecified atom stereocenters. The van der Waals surface area contributed by atoms with Crippen LogP contribution in [0.2, 0.25) is 0 Å². The monoisotopic (exact) mass is 304 g/mol. The first-order valence-electron chi connectivity index (χ1n) is 6.33. The summed E-state index contributed by atoms with van der Waals surface area (Å²) in [7, 11) is 0. The highest BCUT2D eigenvalue weighted by atomic mass is 32.1. The molecule has 0 radical (unpaired) electrons. The van der Waals surface area contributed by atoms with E-state index in [0.29, 0.717) is 16.4 Å². The number of hydrogen-bond donors (Lipinski definition) is 2. The number of para-hydroxylation sites is 1. The molecule has 1 aromatic carbocycles. The van der Waals surface area contributed by atoms with Gasteiger partial charge in [0.15, 0.2) is 5.13 Å². The van der Waals surface area contributed by atoms with Crippen LogP contribution in [0.1, 0.15) is 6.42 Å². The van der Waals surface area contributed by atoms with Crippen molar-refractivity contribution in [3.63, 3.8) is 0 Å². The molecule has 1 atom stereocenters. The molecule has 1 amide bonds. The van der Waals surface area contributed by atoms with E-state index in [1.165, 1.54) is 16.2 Å². The minimum Gasteiger partial charge on any atom is -0.507 e. The summed E-state index contributed by atoms with van der Waals surface area (Å²) >= 11 is 1.26. The second kappa shape index (κ2) is 5.17. The number of carbonyl (C=O) groups excluding carboxylic acids is 1. The number of nitrogens with zero attached hydrogens (tertiary/aromatic N) is 2. The maximum absolute atomic E-state index is 11.9. The molecule has 0 aliphatic carbocycles. The first-order valence-corrected chi connectivity index (χ1v) is 7.21. The van der Waals surface area contributed by atoms with Gasteiger partial charge in [0.25, 0.3) is 0 Å². The largest absolute Gasteiger partial charge is 0.507 e. The fourth-order valence-electron chi connectivity index (χ4n) is 2.26. The van der Waals surface area contributed by atoms with Crippen molar-refractivity contribution in [1.82, 2.24) is 4.98 Å². The van der Waals surface area contributed by atoms with Gasteiger partial charge in [-0.1, -0.05) is 12.1 Å². The van der Waals surface area contributed by atoms with Gasteiger partial charge in [0.05, 0.1) is 11.6 Å². The standard InChI is InChI=1S/C14H12N2O4S/c17-11-4-2-1-3-9(11)10-7-21-14(15-10)16-6-8(13(19)20)5-12(16)18/h1-4,7-8,17H,5-6H2,(H,19,20). The Kier molecular flexibility index (Phi) is 3.34. The van der Waals surface area contributed by atoms with Crippen LogP contribution in [-0.2, 0) is 9.59 Å². The van der Waals surface area contributed by atoms with Gasteiger partial charge in [0, 0.05) is 23.9 Å². The van der Waals surface area contributed by atoms with Gasteiger partial charge in [-0.25, -0.2) is 4.98 Å². The molecule has 0 spiro atoms. The van der Waals surface area contributed by atoms with E-state index in [4.69, 9.17) is 5.11 Å². The van der Waals surface area contributed by atoms with Gasteiger partial charge < -0.3 is 10.2 Å². The average molecular weight is 304 g/mol. The van der Waals surface area contributed by atoms with Gasteiger partial charge in [-0.3, -0.25) is 14.5 Å².